The minimum atomic E-state index is -0.821. The molecule has 0 amide bonds. The molecule has 1 atom stereocenters. The Morgan fingerprint density at radius 2 is 1.65 bits per heavy atom. The van der Waals surface area contributed by atoms with Crippen LogP contribution in [0.5, 0.6) is 0 Å². The molecular formula is C16H17F2NS. The van der Waals surface area contributed by atoms with Crippen LogP contribution in [0.1, 0.15) is 18.9 Å². The average Bonchev–Trinajstić information content (AvgIpc) is 2.45. The summed E-state index contributed by atoms with van der Waals surface area (Å²) in [5.41, 5.74) is 7.10. The fourth-order valence-corrected chi connectivity index (χ4v) is 2.66. The van der Waals surface area contributed by atoms with E-state index in [0.717, 1.165) is 23.8 Å². The average molecular weight is 293 g/mol. The predicted octanol–water partition coefficient (Wildman–Crippen LogP) is 4.40. The first-order valence-corrected chi connectivity index (χ1v) is 7.37. The molecule has 0 heterocycles. The summed E-state index contributed by atoms with van der Waals surface area (Å²) < 4.78 is 26.0. The molecule has 2 N–H and O–H groups in total. The molecule has 2 rings (SSSR count). The number of benzene rings is 2. The maximum Gasteiger partial charge on any atom is 0.159 e. The number of rotatable bonds is 5. The molecule has 0 aliphatic carbocycles. The minimum absolute atomic E-state index is 0.180. The van der Waals surface area contributed by atoms with E-state index < -0.39 is 11.6 Å². The molecule has 0 saturated carbocycles. The maximum atomic E-state index is 13.1. The van der Waals surface area contributed by atoms with E-state index in [-0.39, 0.29) is 6.04 Å². The van der Waals surface area contributed by atoms with Gasteiger partial charge < -0.3 is 5.73 Å². The summed E-state index contributed by atoms with van der Waals surface area (Å²) in [6.07, 6.45) is 1.80. The molecule has 0 radical (unpaired) electrons. The van der Waals surface area contributed by atoms with Crippen molar-refractivity contribution in [3.05, 3.63) is 59.7 Å². The lowest BCUT2D eigenvalue weighted by Crippen LogP contribution is -2.21. The molecule has 2 aromatic rings. The molecule has 106 valence electrons. The molecule has 2 aromatic carbocycles. The Kier molecular flexibility index (Phi) is 5.15. The van der Waals surface area contributed by atoms with Crippen LogP contribution in [-0.4, -0.2) is 6.04 Å². The molecule has 0 aliphatic heterocycles. The molecule has 0 saturated heterocycles. The number of hydrogen-bond donors (Lipinski definition) is 1. The monoisotopic (exact) mass is 293 g/mol. The van der Waals surface area contributed by atoms with Crippen LogP contribution in [0.3, 0.4) is 0 Å². The van der Waals surface area contributed by atoms with Gasteiger partial charge in [0.25, 0.3) is 0 Å². The van der Waals surface area contributed by atoms with Crippen LogP contribution >= 0.6 is 11.8 Å². The first-order valence-electron chi connectivity index (χ1n) is 6.56. The summed E-state index contributed by atoms with van der Waals surface area (Å²) in [5.74, 6) is -1.64. The second-order valence-corrected chi connectivity index (χ2v) is 5.84. The smallest absolute Gasteiger partial charge is 0.159 e. The Labute approximate surface area is 122 Å². The van der Waals surface area contributed by atoms with Crippen molar-refractivity contribution >= 4 is 11.8 Å². The quantitative estimate of drug-likeness (QED) is 0.884. The third-order valence-electron chi connectivity index (χ3n) is 3.07. The molecule has 0 aromatic heterocycles. The lowest BCUT2D eigenvalue weighted by Gasteiger charge is -2.09. The largest absolute Gasteiger partial charge is 0.327 e. The van der Waals surface area contributed by atoms with E-state index in [9.17, 15) is 8.78 Å². The summed E-state index contributed by atoms with van der Waals surface area (Å²) in [6, 6.07) is 12.1. The van der Waals surface area contributed by atoms with Gasteiger partial charge in [-0.2, -0.15) is 0 Å². The summed E-state index contributed by atoms with van der Waals surface area (Å²) in [4.78, 5) is 1.67. The van der Waals surface area contributed by atoms with Crippen molar-refractivity contribution in [3.63, 3.8) is 0 Å². The van der Waals surface area contributed by atoms with Crippen LogP contribution in [0.15, 0.2) is 52.3 Å². The molecule has 1 unspecified atom stereocenters. The first kappa shape index (κ1) is 15.0. The molecular weight excluding hydrogens is 276 g/mol. The highest BCUT2D eigenvalue weighted by Crippen LogP contribution is 2.28. The Morgan fingerprint density at radius 1 is 1.00 bits per heavy atom. The highest BCUT2D eigenvalue weighted by Gasteiger charge is 2.05. The third kappa shape index (κ3) is 4.05. The molecule has 0 aliphatic rings. The van der Waals surface area contributed by atoms with Crippen LogP contribution in [0.4, 0.5) is 8.78 Å². The van der Waals surface area contributed by atoms with Crippen LogP contribution < -0.4 is 5.73 Å². The number of hydrogen-bond acceptors (Lipinski definition) is 2. The molecule has 0 bridgehead atoms. The van der Waals surface area contributed by atoms with E-state index in [4.69, 9.17) is 5.73 Å². The Balaban J connectivity index is 2.04. The van der Waals surface area contributed by atoms with Gasteiger partial charge in [-0.3, -0.25) is 0 Å². The van der Waals surface area contributed by atoms with Crippen molar-refractivity contribution in [2.75, 3.05) is 0 Å². The second kappa shape index (κ2) is 6.86. The van der Waals surface area contributed by atoms with Crippen LogP contribution in [0, 0.1) is 11.6 Å². The van der Waals surface area contributed by atoms with E-state index >= 15 is 0 Å². The van der Waals surface area contributed by atoms with E-state index in [1.165, 1.54) is 23.4 Å². The Bertz CT molecular complexity index is 569. The summed E-state index contributed by atoms with van der Waals surface area (Å²) in [7, 11) is 0. The third-order valence-corrected chi connectivity index (χ3v) is 4.07. The highest BCUT2D eigenvalue weighted by molar-refractivity contribution is 7.99. The van der Waals surface area contributed by atoms with Crippen LogP contribution in [0.2, 0.25) is 0 Å². The van der Waals surface area contributed by atoms with Crippen molar-refractivity contribution < 1.29 is 8.78 Å². The van der Waals surface area contributed by atoms with E-state index in [1.807, 2.05) is 24.3 Å². The van der Waals surface area contributed by atoms with Crippen molar-refractivity contribution in [2.45, 2.75) is 35.6 Å². The number of halogens is 2. The summed E-state index contributed by atoms with van der Waals surface area (Å²) in [6.45, 7) is 2.07. The van der Waals surface area contributed by atoms with Crippen LogP contribution in [-0.2, 0) is 6.42 Å². The van der Waals surface area contributed by atoms with E-state index in [1.54, 1.807) is 6.07 Å². The topological polar surface area (TPSA) is 26.0 Å². The molecule has 0 fully saturated rings. The van der Waals surface area contributed by atoms with Gasteiger partial charge >= 0.3 is 0 Å². The minimum Gasteiger partial charge on any atom is -0.327 e. The maximum absolute atomic E-state index is 13.1. The molecule has 1 nitrogen and oxygen atoms in total. The van der Waals surface area contributed by atoms with Gasteiger partial charge in [0.15, 0.2) is 11.6 Å². The molecule has 0 spiro atoms. The summed E-state index contributed by atoms with van der Waals surface area (Å²) in [5, 5.41) is 0. The molecule has 4 heteroatoms. The first-order chi connectivity index (χ1) is 9.58. The van der Waals surface area contributed by atoms with Gasteiger partial charge in [-0.15, -0.1) is 0 Å². The van der Waals surface area contributed by atoms with Gasteiger partial charge in [0.2, 0.25) is 0 Å². The van der Waals surface area contributed by atoms with Crippen molar-refractivity contribution in [1.82, 2.24) is 0 Å². The predicted molar refractivity (Wildman–Crippen MR) is 78.9 cm³/mol. The van der Waals surface area contributed by atoms with E-state index in [2.05, 4.69) is 6.92 Å². The lowest BCUT2D eigenvalue weighted by atomic mass is 10.1. The van der Waals surface area contributed by atoms with Crippen molar-refractivity contribution in [2.24, 2.45) is 5.73 Å². The highest BCUT2D eigenvalue weighted by atomic mass is 32.2. The van der Waals surface area contributed by atoms with Gasteiger partial charge in [-0.25, -0.2) is 8.78 Å². The zero-order valence-corrected chi connectivity index (χ0v) is 12.1. The van der Waals surface area contributed by atoms with Crippen molar-refractivity contribution in [1.29, 1.82) is 0 Å². The van der Waals surface area contributed by atoms with Gasteiger partial charge in [0, 0.05) is 15.8 Å². The van der Waals surface area contributed by atoms with Gasteiger partial charge in [0.1, 0.15) is 0 Å². The van der Waals surface area contributed by atoms with E-state index in [0.29, 0.717) is 4.90 Å². The fourth-order valence-electron chi connectivity index (χ4n) is 1.82. The second-order valence-electron chi connectivity index (χ2n) is 4.69. The van der Waals surface area contributed by atoms with Crippen LogP contribution in [0.25, 0.3) is 0 Å². The zero-order chi connectivity index (χ0) is 14.5. The number of nitrogens with two attached hydrogens (primary N) is 1. The van der Waals surface area contributed by atoms with Crippen molar-refractivity contribution in [3.8, 4) is 0 Å². The van der Waals surface area contributed by atoms with Gasteiger partial charge in [0.05, 0.1) is 0 Å². The Hall–Kier alpha value is -1.39. The molecule has 20 heavy (non-hydrogen) atoms. The van der Waals surface area contributed by atoms with Gasteiger partial charge in [-0.1, -0.05) is 30.8 Å². The SMILES string of the molecule is CCC(N)Cc1ccc(Sc2ccc(F)c(F)c2)cc1. The fraction of sp³-hybridized carbons (Fsp3) is 0.250. The van der Waals surface area contributed by atoms with Gasteiger partial charge in [-0.05, 0) is 48.7 Å². The zero-order valence-electron chi connectivity index (χ0n) is 11.3. The normalized spacial score (nSPS) is 12.4. The Morgan fingerprint density at radius 3 is 2.25 bits per heavy atom. The standard InChI is InChI=1S/C16H17F2NS/c1-2-12(19)9-11-3-5-13(6-4-11)20-14-7-8-15(17)16(18)10-14/h3-8,10,12H,2,9,19H2,1H3. The summed E-state index contributed by atoms with van der Waals surface area (Å²) >= 11 is 1.41. The lowest BCUT2D eigenvalue weighted by molar-refractivity contribution is 0.506.